The largest absolute Gasteiger partial charge is 0.496 e. The molecule has 136 valence electrons. The molecular formula is C15H17Cl2N3O4S. The molecule has 2 aromatic rings. The van der Waals surface area contributed by atoms with Crippen molar-refractivity contribution in [1.29, 1.82) is 0 Å². The van der Waals surface area contributed by atoms with Gasteiger partial charge in [0.15, 0.2) is 5.13 Å². The van der Waals surface area contributed by atoms with Crippen molar-refractivity contribution in [2.24, 2.45) is 0 Å². The second-order valence-electron chi connectivity index (χ2n) is 4.65. The summed E-state index contributed by atoms with van der Waals surface area (Å²) >= 11 is 7.16. The van der Waals surface area contributed by atoms with Gasteiger partial charge in [-0.15, -0.1) is 23.7 Å². The highest BCUT2D eigenvalue weighted by molar-refractivity contribution is 7.14. The van der Waals surface area contributed by atoms with Gasteiger partial charge in [-0.2, -0.15) is 0 Å². The molecule has 2 rings (SSSR count). The average Bonchev–Trinajstić information content (AvgIpc) is 2.96. The molecular weight excluding hydrogens is 389 g/mol. The molecule has 1 aromatic carbocycles. The maximum absolute atomic E-state index is 12.4. The highest BCUT2D eigenvalue weighted by atomic mass is 35.5. The van der Waals surface area contributed by atoms with Gasteiger partial charge in [-0.3, -0.25) is 14.9 Å². The van der Waals surface area contributed by atoms with E-state index in [0.29, 0.717) is 28.9 Å². The van der Waals surface area contributed by atoms with Gasteiger partial charge >= 0.3 is 5.97 Å². The van der Waals surface area contributed by atoms with E-state index < -0.39 is 5.91 Å². The Morgan fingerprint density at radius 1 is 1.40 bits per heavy atom. The number of methoxy groups -OCH3 is 1. The van der Waals surface area contributed by atoms with Crippen molar-refractivity contribution in [3.63, 3.8) is 0 Å². The van der Waals surface area contributed by atoms with Crippen LogP contribution in [0.4, 0.5) is 10.8 Å². The molecule has 0 aliphatic rings. The molecule has 0 radical (unpaired) electrons. The number of ether oxygens (including phenoxy) is 2. The Balaban J connectivity index is 0.00000312. The Bertz CT molecular complexity index is 767. The van der Waals surface area contributed by atoms with Gasteiger partial charge in [0, 0.05) is 11.4 Å². The number of nitrogens with two attached hydrogens (primary N) is 1. The van der Waals surface area contributed by atoms with E-state index >= 15 is 0 Å². The van der Waals surface area contributed by atoms with Crippen molar-refractivity contribution in [1.82, 2.24) is 4.98 Å². The first-order chi connectivity index (χ1) is 11.4. The van der Waals surface area contributed by atoms with Gasteiger partial charge < -0.3 is 15.2 Å². The number of carbonyl (C=O) groups is 2. The van der Waals surface area contributed by atoms with E-state index in [9.17, 15) is 9.59 Å². The van der Waals surface area contributed by atoms with Crippen LogP contribution in [0.15, 0.2) is 17.5 Å². The lowest BCUT2D eigenvalue weighted by atomic mass is 10.1. The topological polar surface area (TPSA) is 104 Å². The number of aromatic nitrogens is 1. The van der Waals surface area contributed by atoms with E-state index in [2.05, 4.69) is 10.3 Å². The molecule has 0 unspecified atom stereocenters. The smallest absolute Gasteiger partial charge is 0.311 e. The molecule has 0 aliphatic heterocycles. The van der Waals surface area contributed by atoms with Gasteiger partial charge in [-0.1, -0.05) is 11.6 Å². The van der Waals surface area contributed by atoms with Crippen LogP contribution in [0.5, 0.6) is 5.75 Å². The summed E-state index contributed by atoms with van der Waals surface area (Å²) in [7, 11) is 1.43. The summed E-state index contributed by atoms with van der Waals surface area (Å²) in [6.45, 7) is 2.04. The van der Waals surface area contributed by atoms with Gasteiger partial charge in [0.25, 0.3) is 5.91 Å². The van der Waals surface area contributed by atoms with E-state index in [-0.39, 0.29) is 35.4 Å². The molecule has 0 atom stereocenters. The van der Waals surface area contributed by atoms with Crippen molar-refractivity contribution in [2.45, 2.75) is 13.3 Å². The first-order valence-electron chi connectivity index (χ1n) is 6.99. The molecule has 0 saturated carbocycles. The molecule has 3 N–H and O–H groups in total. The maximum Gasteiger partial charge on any atom is 0.311 e. The third-order valence-electron chi connectivity index (χ3n) is 2.97. The van der Waals surface area contributed by atoms with Gasteiger partial charge in [0.2, 0.25) is 0 Å². The molecule has 0 bridgehead atoms. The Morgan fingerprint density at radius 3 is 2.76 bits per heavy atom. The SMILES string of the molecule is CCOC(=O)Cc1csc(NC(=O)c2cc(Cl)c(N)cc2OC)n1.Cl. The zero-order chi connectivity index (χ0) is 17.7. The summed E-state index contributed by atoms with van der Waals surface area (Å²) in [6, 6.07) is 2.91. The number of nitrogens with zero attached hydrogens (tertiary/aromatic N) is 1. The van der Waals surface area contributed by atoms with E-state index in [1.807, 2.05) is 0 Å². The van der Waals surface area contributed by atoms with Crippen molar-refractivity contribution in [3.8, 4) is 5.75 Å². The summed E-state index contributed by atoms with van der Waals surface area (Å²) < 4.78 is 10.0. The van der Waals surface area contributed by atoms with Gasteiger partial charge in [-0.05, 0) is 13.0 Å². The molecule has 0 spiro atoms. The zero-order valence-corrected chi connectivity index (χ0v) is 15.9. The van der Waals surface area contributed by atoms with Gasteiger partial charge in [0.05, 0.1) is 42.1 Å². The summed E-state index contributed by atoms with van der Waals surface area (Å²) in [4.78, 5) is 28.0. The van der Waals surface area contributed by atoms with E-state index in [0.717, 1.165) is 0 Å². The molecule has 25 heavy (non-hydrogen) atoms. The number of nitrogens with one attached hydrogen (secondary N) is 1. The lowest BCUT2D eigenvalue weighted by molar-refractivity contribution is -0.142. The molecule has 0 fully saturated rings. The predicted octanol–water partition coefficient (Wildman–Crippen LogP) is 3.17. The van der Waals surface area contributed by atoms with Crippen LogP contribution >= 0.6 is 35.3 Å². The van der Waals surface area contributed by atoms with E-state index in [1.165, 1.54) is 30.6 Å². The molecule has 10 heteroatoms. The molecule has 1 aromatic heterocycles. The summed E-state index contributed by atoms with van der Waals surface area (Å²) in [6.07, 6.45) is 0.0528. The summed E-state index contributed by atoms with van der Waals surface area (Å²) in [5, 5.41) is 4.93. The molecule has 7 nitrogen and oxygen atoms in total. The van der Waals surface area contributed by atoms with Crippen molar-refractivity contribution < 1.29 is 19.1 Å². The van der Waals surface area contributed by atoms with Crippen LogP contribution in [0.25, 0.3) is 0 Å². The first kappa shape index (κ1) is 21.0. The quantitative estimate of drug-likeness (QED) is 0.564. The lowest BCUT2D eigenvalue weighted by Gasteiger charge is -2.10. The standard InChI is InChI=1S/C15H16ClN3O4S.ClH/c1-3-23-13(20)4-8-7-24-15(18-8)19-14(21)9-5-10(16)11(17)6-12(9)22-2;/h5-7H,3-4,17H2,1-2H3,(H,18,19,21);1H. The number of nitrogen functional groups attached to an aromatic ring is 1. The number of thiazole rings is 1. The van der Waals surface area contributed by atoms with Crippen LogP contribution in [-0.2, 0) is 16.0 Å². The number of carbonyl (C=O) groups excluding carboxylic acids is 2. The van der Waals surface area contributed by atoms with Crippen LogP contribution < -0.4 is 15.8 Å². The number of anilines is 2. The molecule has 0 aliphatic carbocycles. The van der Waals surface area contributed by atoms with Crippen molar-refractivity contribution in [3.05, 3.63) is 33.8 Å². The Labute approximate surface area is 159 Å². The molecule has 1 heterocycles. The van der Waals surface area contributed by atoms with Crippen LogP contribution in [0.3, 0.4) is 0 Å². The summed E-state index contributed by atoms with van der Waals surface area (Å²) in [5.41, 5.74) is 6.77. The minimum Gasteiger partial charge on any atom is -0.496 e. The first-order valence-corrected chi connectivity index (χ1v) is 8.24. The van der Waals surface area contributed by atoms with Crippen molar-refractivity contribution in [2.75, 3.05) is 24.8 Å². The number of rotatable bonds is 6. The zero-order valence-electron chi connectivity index (χ0n) is 13.5. The second kappa shape index (κ2) is 9.45. The third kappa shape index (κ3) is 5.48. The Kier molecular flexibility index (Phi) is 7.95. The van der Waals surface area contributed by atoms with Crippen LogP contribution in [0, 0.1) is 0 Å². The monoisotopic (exact) mass is 405 g/mol. The normalized spacial score (nSPS) is 9.88. The minimum atomic E-state index is -0.439. The second-order valence-corrected chi connectivity index (χ2v) is 5.92. The highest BCUT2D eigenvalue weighted by Gasteiger charge is 2.17. The number of hydrogen-bond donors (Lipinski definition) is 2. The lowest BCUT2D eigenvalue weighted by Crippen LogP contribution is -2.14. The van der Waals surface area contributed by atoms with Crippen molar-refractivity contribution >= 4 is 58.0 Å². The predicted molar refractivity (Wildman–Crippen MR) is 100 cm³/mol. The van der Waals surface area contributed by atoms with E-state index in [4.69, 9.17) is 26.8 Å². The van der Waals surface area contributed by atoms with Crippen LogP contribution in [-0.4, -0.2) is 30.6 Å². The van der Waals surface area contributed by atoms with Gasteiger partial charge in [0.1, 0.15) is 5.75 Å². The number of halogens is 2. The highest BCUT2D eigenvalue weighted by Crippen LogP contribution is 2.29. The number of benzene rings is 1. The Hall–Kier alpha value is -2.03. The summed E-state index contributed by atoms with van der Waals surface area (Å²) in [5.74, 6) is -0.504. The number of esters is 1. The molecule has 1 amide bonds. The fraction of sp³-hybridized carbons (Fsp3) is 0.267. The Morgan fingerprint density at radius 2 is 2.12 bits per heavy atom. The third-order valence-corrected chi connectivity index (χ3v) is 4.10. The average molecular weight is 406 g/mol. The van der Waals surface area contributed by atoms with Crippen LogP contribution in [0.1, 0.15) is 23.0 Å². The maximum atomic E-state index is 12.4. The fourth-order valence-corrected chi connectivity index (χ4v) is 2.75. The number of amides is 1. The number of hydrogen-bond acceptors (Lipinski definition) is 7. The van der Waals surface area contributed by atoms with Crippen LogP contribution in [0.2, 0.25) is 5.02 Å². The fourth-order valence-electron chi connectivity index (χ4n) is 1.89. The minimum absolute atomic E-state index is 0. The van der Waals surface area contributed by atoms with E-state index in [1.54, 1.807) is 12.3 Å². The van der Waals surface area contributed by atoms with Gasteiger partial charge in [-0.25, -0.2) is 4.98 Å². The molecule has 0 saturated heterocycles.